The molecule has 1 atom stereocenters. The van der Waals surface area contributed by atoms with Gasteiger partial charge in [-0.05, 0) is 30.3 Å². The van der Waals surface area contributed by atoms with E-state index in [-0.39, 0.29) is 37.2 Å². The lowest BCUT2D eigenvalue weighted by molar-refractivity contribution is -0.154. The fraction of sp³-hybridized carbons (Fsp3) is 0.278. The van der Waals surface area contributed by atoms with Crippen LogP contribution in [0.4, 0.5) is 13.2 Å². The molecule has 1 saturated heterocycles. The number of hydrogen-bond donors (Lipinski definition) is 1. The van der Waals surface area contributed by atoms with Gasteiger partial charge in [-0.2, -0.15) is 13.2 Å². The lowest BCUT2D eigenvalue weighted by Crippen LogP contribution is -2.48. The first-order valence-electron chi connectivity index (χ1n) is 8.19. The van der Waals surface area contributed by atoms with Crippen molar-refractivity contribution < 1.29 is 37.3 Å². The summed E-state index contributed by atoms with van der Waals surface area (Å²) in [6.45, 7) is 0.349. The molecule has 0 unspecified atom stereocenters. The van der Waals surface area contributed by atoms with Gasteiger partial charge in [0.05, 0.1) is 18.7 Å². The van der Waals surface area contributed by atoms with Crippen LogP contribution in [-0.4, -0.2) is 52.7 Å². The third-order valence-electron chi connectivity index (χ3n) is 4.02. The Labute approximate surface area is 157 Å². The first-order valence-corrected chi connectivity index (χ1v) is 8.19. The highest BCUT2D eigenvalue weighted by atomic mass is 19.4. The Morgan fingerprint density at radius 3 is 2.46 bits per heavy atom. The van der Waals surface area contributed by atoms with Crippen molar-refractivity contribution in [1.29, 1.82) is 0 Å². The third kappa shape index (κ3) is 4.58. The number of hydrogen-bond acceptors (Lipinski definition) is 5. The number of benzene rings is 1. The fourth-order valence-corrected chi connectivity index (χ4v) is 2.56. The molecule has 1 aliphatic rings. The van der Waals surface area contributed by atoms with Gasteiger partial charge in [0.1, 0.15) is 5.75 Å². The monoisotopic (exact) mass is 396 g/mol. The van der Waals surface area contributed by atoms with Gasteiger partial charge in [-0.15, -0.1) is 0 Å². The normalized spacial score (nSPS) is 17.2. The molecular weight excluding hydrogens is 381 g/mol. The van der Waals surface area contributed by atoms with E-state index in [4.69, 9.17) is 14.6 Å². The molecule has 1 N–H and O–H groups in total. The predicted molar refractivity (Wildman–Crippen MR) is 89.0 cm³/mol. The maximum atomic E-state index is 12.5. The predicted octanol–water partition coefficient (Wildman–Crippen LogP) is 2.82. The number of aromatic nitrogens is 1. The first-order chi connectivity index (χ1) is 13.2. The number of carboxylic acid groups (broad SMARTS) is 1. The number of aliphatic carboxylic acids is 1. The lowest BCUT2D eigenvalue weighted by atomic mass is 10.1. The molecule has 2 heterocycles. The minimum Gasteiger partial charge on any atom is -0.479 e. The Hall–Kier alpha value is -3.14. The Balaban J connectivity index is 1.64. The van der Waals surface area contributed by atoms with E-state index in [1.807, 2.05) is 0 Å². The van der Waals surface area contributed by atoms with Crippen LogP contribution in [0.5, 0.6) is 11.6 Å². The Bertz CT molecular complexity index is 853. The van der Waals surface area contributed by atoms with E-state index >= 15 is 0 Å². The van der Waals surface area contributed by atoms with Crippen LogP contribution in [0.1, 0.15) is 15.9 Å². The zero-order valence-electron chi connectivity index (χ0n) is 14.3. The number of amides is 1. The van der Waals surface area contributed by atoms with Gasteiger partial charge < -0.3 is 19.5 Å². The average molecular weight is 396 g/mol. The molecule has 1 fully saturated rings. The van der Waals surface area contributed by atoms with E-state index in [1.165, 1.54) is 29.2 Å². The number of rotatable bonds is 4. The van der Waals surface area contributed by atoms with Crippen molar-refractivity contribution in [2.45, 2.75) is 12.3 Å². The van der Waals surface area contributed by atoms with E-state index in [2.05, 4.69) is 4.98 Å². The molecule has 28 heavy (non-hydrogen) atoms. The Kier molecular flexibility index (Phi) is 5.50. The number of carbonyl (C=O) groups excluding carboxylic acids is 1. The number of pyridine rings is 1. The maximum Gasteiger partial charge on any atom is 0.417 e. The Morgan fingerprint density at radius 1 is 1.18 bits per heavy atom. The summed E-state index contributed by atoms with van der Waals surface area (Å²) in [4.78, 5) is 28.5. The van der Waals surface area contributed by atoms with Gasteiger partial charge in [0.2, 0.25) is 5.88 Å². The zero-order valence-corrected chi connectivity index (χ0v) is 14.3. The number of nitrogens with zero attached hydrogens (tertiary/aromatic N) is 2. The van der Waals surface area contributed by atoms with Gasteiger partial charge >= 0.3 is 12.1 Å². The van der Waals surface area contributed by atoms with E-state index < -0.39 is 23.8 Å². The highest BCUT2D eigenvalue weighted by Crippen LogP contribution is 2.30. The molecule has 1 aromatic carbocycles. The van der Waals surface area contributed by atoms with E-state index in [0.29, 0.717) is 11.8 Å². The number of carboxylic acids is 1. The summed E-state index contributed by atoms with van der Waals surface area (Å²) in [5, 5.41) is 9.00. The van der Waals surface area contributed by atoms with Gasteiger partial charge in [0, 0.05) is 24.4 Å². The van der Waals surface area contributed by atoms with E-state index in [9.17, 15) is 22.8 Å². The van der Waals surface area contributed by atoms with Crippen LogP contribution >= 0.6 is 0 Å². The van der Waals surface area contributed by atoms with Crippen LogP contribution in [0.15, 0.2) is 42.6 Å². The van der Waals surface area contributed by atoms with Crippen molar-refractivity contribution >= 4 is 11.9 Å². The first kappa shape index (κ1) is 19.6. The molecule has 10 heteroatoms. The number of morpholine rings is 1. The molecule has 0 aliphatic carbocycles. The van der Waals surface area contributed by atoms with Crippen molar-refractivity contribution in [3.8, 4) is 11.6 Å². The molecule has 0 bridgehead atoms. The number of alkyl halides is 3. The second-order valence-electron chi connectivity index (χ2n) is 5.96. The van der Waals surface area contributed by atoms with Gasteiger partial charge in [-0.3, -0.25) is 4.79 Å². The minimum atomic E-state index is -4.48. The minimum absolute atomic E-state index is 0.0236. The quantitative estimate of drug-likeness (QED) is 0.855. The van der Waals surface area contributed by atoms with Crippen LogP contribution in [0.25, 0.3) is 0 Å². The van der Waals surface area contributed by atoms with Crippen molar-refractivity contribution in [1.82, 2.24) is 9.88 Å². The second-order valence-corrected chi connectivity index (χ2v) is 5.96. The molecular formula is C18H15F3N2O5. The second kappa shape index (κ2) is 7.85. The van der Waals surface area contributed by atoms with E-state index in [0.717, 1.165) is 12.1 Å². The van der Waals surface area contributed by atoms with Crippen LogP contribution < -0.4 is 4.74 Å². The zero-order chi connectivity index (χ0) is 20.3. The van der Waals surface area contributed by atoms with Crippen LogP contribution in [0.2, 0.25) is 0 Å². The van der Waals surface area contributed by atoms with Crippen LogP contribution in [-0.2, 0) is 15.7 Å². The summed E-state index contributed by atoms with van der Waals surface area (Å²) in [6.07, 6.45) is -4.87. The van der Waals surface area contributed by atoms with Crippen molar-refractivity contribution in [2.75, 3.05) is 19.7 Å². The lowest BCUT2D eigenvalue weighted by Gasteiger charge is -2.30. The van der Waals surface area contributed by atoms with Gasteiger partial charge in [-0.25, -0.2) is 9.78 Å². The summed E-state index contributed by atoms with van der Waals surface area (Å²) in [7, 11) is 0. The molecule has 148 valence electrons. The molecule has 1 aromatic heterocycles. The standard InChI is InChI=1S/C18H15F3N2O5/c19-18(20,21)12-3-6-15(22-9-12)28-13-4-1-11(2-5-13)16(24)23-7-8-27-14(10-23)17(25)26/h1-6,9,14H,7-8,10H2,(H,25,26)/t14-/m0/s1. The highest BCUT2D eigenvalue weighted by Gasteiger charge is 2.31. The maximum absolute atomic E-state index is 12.5. The number of ether oxygens (including phenoxy) is 2. The van der Waals surface area contributed by atoms with Gasteiger partial charge in [-0.1, -0.05) is 0 Å². The molecule has 1 aliphatic heterocycles. The SMILES string of the molecule is O=C(O)[C@@H]1CN(C(=O)c2ccc(Oc3ccc(C(F)(F)F)cn3)cc2)CCO1. The summed E-state index contributed by atoms with van der Waals surface area (Å²) >= 11 is 0. The average Bonchev–Trinajstić information content (AvgIpc) is 2.68. The molecule has 2 aromatic rings. The van der Waals surface area contributed by atoms with Crippen molar-refractivity contribution in [3.05, 3.63) is 53.7 Å². The van der Waals surface area contributed by atoms with Crippen molar-refractivity contribution in [2.24, 2.45) is 0 Å². The molecule has 3 rings (SSSR count). The Morgan fingerprint density at radius 2 is 1.89 bits per heavy atom. The molecule has 7 nitrogen and oxygen atoms in total. The highest BCUT2D eigenvalue weighted by molar-refractivity contribution is 5.94. The molecule has 0 radical (unpaired) electrons. The summed E-state index contributed by atoms with van der Waals surface area (Å²) < 4.78 is 48.0. The largest absolute Gasteiger partial charge is 0.479 e. The van der Waals surface area contributed by atoms with Crippen molar-refractivity contribution in [3.63, 3.8) is 0 Å². The third-order valence-corrected chi connectivity index (χ3v) is 4.02. The van der Waals surface area contributed by atoms with E-state index in [1.54, 1.807) is 0 Å². The summed E-state index contributed by atoms with van der Waals surface area (Å²) in [6, 6.07) is 7.86. The summed E-state index contributed by atoms with van der Waals surface area (Å²) in [5.74, 6) is -1.22. The molecule has 0 saturated carbocycles. The van der Waals surface area contributed by atoms with Gasteiger partial charge in [0.25, 0.3) is 5.91 Å². The topological polar surface area (TPSA) is 89.0 Å². The smallest absolute Gasteiger partial charge is 0.417 e. The van der Waals surface area contributed by atoms with Crippen LogP contribution in [0.3, 0.4) is 0 Å². The molecule has 0 spiro atoms. The fourth-order valence-electron chi connectivity index (χ4n) is 2.56. The van der Waals surface area contributed by atoms with Crippen LogP contribution in [0, 0.1) is 0 Å². The number of halogens is 3. The summed E-state index contributed by atoms with van der Waals surface area (Å²) in [5.41, 5.74) is -0.565. The van der Waals surface area contributed by atoms with Gasteiger partial charge in [0.15, 0.2) is 6.10 Å². The number of carbonyl (C=O) groups is 2. The molecule has 1 amide bonds.